The standard InChI is InChI=1S/C15H20N2O3/c1-17(13-5-3-4-10-16-13)14(18)11-6-8-12(9-7-11)15(19)20-2/h3-5,10-12H,6-9H2,1-2H3. The Bertz CT molecular complexity index is 467. The monoisotopic (exact) mass is 276 g/mol. The number of carbonyl (C=O) groups excluding carboxylic acids is 2. The highest BCUT2D eigenvalue weighted by Gasteiger charge is 2.32. The molecule has 0 atom stereocenters. The molecule has 0 N–H and O–H groups in total. The van der Waals surface area contributed by atoms with Gasteiger partial charge in [-0.15, -0.1) is 0 Å². The fraction of sp³-hybridized carbons (Fsp3) is 0.533. The van der Waals surface area contributed by atoms with Crippen molar-refractivity contribution in [3.05, 3.63) is 24.4 Å². The van der Waals surface area contributed by atoms with Crippen LogP contribution in [0.2, 0.25) is 0 Å². The molecule has 108 valence electrons. The maximum absolute atomic E-state index is 12.4. The van der Waals surface area contributed by atoms with E-state index in [1.165, 1.54) is 7.11 Å². The molecule has 0 bridgehead atoms. The maximum Gasteiger partial charge on any atom is 0.308 e. The zero-order chi connectivity index (χ0) is 14.5. The molecule has 0 saturated heterocycles. The van der Waals surface area contributed by atoms with Crippen molar-refractivity contribution in [1.82, 2.24) is 4.98 Å². The molecule has 1 aliphatic rings. The average Bonchev–Trinajstić information content (AvgIpc) is 2.53. The second kappa shape index (κ2) is 6.50. The lowest BCUT2D eigenvalue weighted by Crippen LogP contribution is -2.36. The van der Waals surface area contributed by atoms with Crippen LogP contribution in [0.15, 0.2) is 24.4 Å². The number of amides is 1. The van der Waals surface area contributed by atoms with Crippen LogP contribution in [-0.2, 0) is 14.3 Å². The number of pyridine rings is 1. The average molecular weight is 276 g/mol. The number of hydrogen-bond acceptors (Lipinski definition) is 4. The van der Waals surface area contributed by atoms with Gasteiger partial charge in [0.05, 0.1) is 13.0 Å². The van der Waals surface area contributed by atoms with Crippen molar-refractivity contribution in [3.63, 3.8) is 0 Å². The van der Waals surface area contributed by atoms with Crippen LogP contribution in [0.5, 0.6) is 0 Å². The maximum atomic E-state index is 12.4. The lowest BCUT2D eigenvalue weighted by atomic mass is 9.81. The third-order valence-corrected chi connectivity index (χ3v) is 3.93. The molecular weight excluding hydrogens is 256 g/mol. The summed E-state index contributed by atoms with van der Waals surface area (Å²) in [6.07, 6.45) is 4.58. The Morgan fingerprint density at radius 1 is 1.20 bits per heavy atom. The van der Waals surface area contributed by atoms with Gasteiger partial charge in [-0.25, -0.2) is 4.98 Å². The first-order chi connectivity index (χ1) is 9.63. The third-order valence-electron chi connectivity index (χ3n) is 3.93. The number of esters is 1. The fourth-order valence-electron chi connectivity index (χ4n) is 2.68. The first-order valence-corrected chi connectivity index (χ1v) is 6.90. The number of carbonyl (C=O) groups is 2. The van der Waals surface area contributed by atoms with E-state index >= 15 is 0 Å². The molecule has 5 nitrogen and oxygen atoms in total. The summed E-state index contributed by atoms with van der Waals surface area (Å²) in [6.45, 7) is 0. The minimum Gasteiger partial charge on any atom is -0.469 e. The van der Waals surface area contributed by atoms with Crippen molar-refractivity contribution < 1.29 is 14.3 Å². The predicted octanol–water partition coefficient (Wildman–Crippen LogP) is 2.02. The Labute approximate surface area is 118 Å². The normalized spacial score (nSPS) is 22.1. The van der Waals surface area contributed by atoms with Crippen LogP contribution in [0.3, 0.4) is 0 Å². The summed E-state index contributed by atoms with van der Waals surface area (Å²) in [5, 5.41) is 0. The molecule has 0 radical (unpaired) electrons. The quantitative estimate of drug-likeness (QED) is 0.792. The second-order valence-corrected chi connectivity index (χ2v) is 5.16. The van der Waals surface area contributed by atoms with E-state index in [-0.39, 0.29) is 23.7 Å². The van der Waals surface area contributed by atoms with E-state index in [0.29, 0.717) is 5.82 Å². The second-order valence-electron chi connectivity index (χ2n) is 5.16. The minimum absolute atomic E-state index is 0.0251. The van der Waals surface area contributed by atoms with Crippen LogP contribution in [0, 0.1) is 11.8 Å². The smallest absolute Gasteiger partial charge is 0.308 e. The summed E-state index contributed by atoms with van der Waals surface area (Å²) >= 11 is 0. The summed E-state index contributed by atoms with van der Waals surface area (Å²) in [6, 6.07) is 5.50. The molecule has 1 amide bonds. The molecule has 1 fully saturated rings. The SMILES string of the molecule is COC(=O)C1CCC(C(=O)N(C)c2ccccn2)CC1. The first kappa shape index (κ1) is 14.5. The Balaban J connectivity index is 1.93. The van der Waals surface area contributed by atoms with Gasteiger partial charge in [0.1, 0.15) is 5.82 Å². The van der Waals surface area contributed by atoms with E-state index < -0.39 is 0 Å². The Morgan fingerprint density at radius 2 is 1.85 bits per heavy atom. The predicted molar refractivity (Wildman–Crippen MR) is 75.1 cm³/mol. The van der Waals surface area contributed by atoms with Crippen LogP contribution >= 0.6 is 0 Å². The third kappa shape index (κ3) is 3.15. The summed E-state index contributed by atoms with van der Waals surface area (Å²) in [5.74, 6) is 0.501. The molecule has 2 rings (SSSR count). The molecule has 0 spiro atoms. The summed E-state index contributed by atoms with van der Waals surface area (Å²) in [7, 11) is 3.16. The van der Waals surface area contributed by atoms with E-state index in [9.17, 15) is 9.59 Å². The van der Waals surface area contributed by atoms with Crippen molar-refractivity contribution in [2.45, 2.75) is 25.7 Å². The highest BCUT2D eigenvalue weighted by molar-refractivity contribution is 5.93. The van der Waals surface area contributed by atoms with Crippen molar-refractivity contribution >= 4 is 17.7 Å². The molecule has 1 heterocycles. The lowest BCUT2D eigenvalue weighted by Gasteiger charge is -2.29. The Hall–Kier alpha value is -1.91. The van der Waals surface area contributed by atoms with Crippen molar-refractivity contribution in [1.29, 1.82) is 0 Å². The molecule has 20 heavy (non-hydrogen) atoms. The number of rotatable bonds is 3. The van der Waals surface area contributed by atoms with Gasteiger partial charge in [-0.05, 0) is 37.8 Å². The number of anilines is 1. The van der Waals surface area contributed by atoms with E-state index in [0.717, 1.165) is 25.7 Å². The van der Waals surface area contributed by atoms with Gasteiger partial charge in [0.15, 0.2) is 0 Å². The lowest BCUT2D eigenvalue weighted by molar-refractivity contribution is -0.147. The Morgan fingerprint density at radius 3 is 2.40 bits per heavy atom. The van der Waals surface area contributed by atoms with Gasteiger partial charge in [-0.3, -0.25) is 14.5 Å². The van der Waals surface area contributed by atoms with Crippen LogP contribution in [0.4, 0.5) is 5.82 Å². The largest absolute Gasteiger partial charge is 0.469 e. The molecule has 1 aromatic heterocycles. The molecule has 1 aromatic rings. The molecule has 1 saturated carbocycles. The number of methoxy groups -OCH3 is 1. The molecule has 0 aliphatic heterocycles. The molecule has 5 heteroatoms. The number of hydrogen-bond donors (Lipinski definition) is 0. The zero-order valence-electron chi connectivity index (χ0n) is 11.9. The van der Waals surface area contributed by atoms with Gasteiger partial charge in [-0.1, -0.05) is 6.07 Å². The molecule has 0 unspecified atom stereocenters. The van der Waals surface area contributed by atoms with Gasteiger partial charge in [0.25, 0.3) is 0 Å². The van der Waals surface area contributed by atoms with Gasteiger partial charge < -0.3 is 4.74 Å². The molecule has 0 aromatic carbocycles. The molecular formula is C15H20N2O3. The van der Waals surface area contributed by atoms with Crippen LogP contribution < -0.4 is 4.90 Å². The highest BCUT2D eigenvalue weighted by Crippen LogP contribution is 2.31. The van der Waals surface area contributed by atoms with Crippen LogP contribution in [-0.4, -0.2) is 31.0 Å². The summed E-state index contributed by atoms with van der Waals surface area (Å²) in [5.41, 5.74) is 0. The van der Waals surface area contributed by atoms with Gasteiger partial charge in [0.2, 0.25) is 5.91 Å². The molecule has 1 aliphatic carbocycles. The van der Waals surface area contributed by atoms with Gasteiger partial charge in [-0.2, -0.15) is 0 Å². The van der Waals surface area contributed by atoms with Crippen molar-refractivity contribution in [2.75, 3.05) is 19.1 Å². The number of aromatic nitrogens is 1. The van der Waals surface area contributed by atoms with E-state index in [1.54, 1.807) is 18.1 Å². The Kier molecular flexibility index (Phi) is 4.71. The number of ether oxygens (including phenoxy) is 1. The fourth-order valence-corrected chi connectivity index (χ4v) is 2.68. The minimum atomic E-state index is -0.158. The zero-order valence-corrected chi connectivity index (χ0v) is 11.9. The number of nitrogens with zero attached hydrogens (tertiary/aromatic N) is 2. The van der Waals surface area contributed by atoms with E-state index in [4.69, 9.17) is 4.74 Å². The first-order valence-electron chi connectivity index (χ1n) is 6.90. The summed E-state index contributed by atoms with van der Waals surface area (Å²) in [4.78, 5) is 29.7. The van der Waals surface area contributed by atoms with Crippen LogP contribution in [0.1, 0.15) is 25.7 Å². The van der Waals surface area contributed by atoms with Crippen LogP contribution in [0.25, 0.3) is 0 Å². The van der Waals surface area contributed by atoms with Crippen molar-refractivity contribution in [3.8, 4) is 0 Å². The summed E-state index contributed by atoms with van der Waals surface area (Å²) < 4.78 is 4.76. The van der Waals surface area contributed by atoms with Crippen molar-refractivity contribution in [2.24, 2.45) is 11.8 Å². The van der Waals surface area contributed by atoms with Gasteiger partial charge >= 0.3 is 5.97 Å². The van der Waals surface area contributed by atoms with Gasteiger partial charge in [0, 0.05) is 19.2 Å². The van der Waals surface area contributed by atoms with E-state index in [2.05, 4.69) is 4.98 Å². The van der Waals surface area contributed by atoms with E-state index in [1.807, 2.05) is 18.2 Å². The topological polar surface area (TPSA) is 59.5 Å². The highest BCUT2D eigenvalue weighted by atomic mass is 16.5.